The molecule has 3 aromatic rings. The van der Waals surface area contributed by atoms with Crippen LogP contribution in [0.4, 0.5) is 22.0 Å². The van der Waals surface area contributed by atoms with Crippen molar-refractivity contribution < 1.29 is 75.3 Å². The SMILES string of the molecule is CC(F)(F)c1c([C@@H](CCC(=O)[O-])CC(=O)Cc2ccc(Cl)cc2F)noc1-c1cc(C(F)(F)C(C)(C)C)on1.[Na+]. The largest absolute Gasteiger partial charge is 1.00 e. The number of carboxylic acids is 1. The molecule has 2 aromatic heterocycles. The summed E-state index contributed by atoms with van der Waals surface area (Å²) in [5.41, 5.74) is -3.41. The van der Waals surface area contributed by atoms with Crippen LogP contribution in [0.25, 0.3) is 11.5 Å². The van der Waals surface area contributed by atoms with Gasteiger partial charge in [-0.1, -0.05) is 48.8 Å². The Hall–Kier alpha value is -2.28. The molecule has 7 nitrogen and oxygen atoms in total. The number of carbonyl (C=O) groups excluding carboxylic acids is 2. The molecule has 0 radical (unpaired) electrons. The van der Waals surface area contributed by atoms with Crippen LogP contribution in [0.1, 0.15) is 75.5 Å². The van der Waals surface area contributed by atoms with Crippen LogP contribution < -0.4 is 34.7 Å². The molecule has 0 unspecified atom stereocenters. The maximum absolute atomic E-state index is 14.9. The Morgan fingerprint density at radius 2 is 1.70 bits per heavy atom. The number of nitrogens with zero attached hydrogens (tertiary/aromatic N) is 2. The fourth-order valence-electron chi connectivity index (χ4n) is 3.93. The van der Waals surface area contributed by atoms with Crippen molar-refractivity contribution in [2.24, 2.45) is 5.41 Å². The second-order valence-corrected chi connectivity index (χ2v) is 10.8. The molecule has 40 heavy (non-hydrogen) atoms. The molecule has 0 saturated carbocycles. The summed E-state index contributed by atoms with van der Waals surface area (Å²) in [5, 5.41) is 18.4. The van der Waals surface area contributed by atoms with E-state index < -0.39 is 88.5 Å². The average Bonchev–Trinajstić information content (AvgIpc) is 3.45. The number of carboxylic acid groups (broad SMARTS) is 1. The van der Waals surface area contributed by atoms with E-state index in [4.69, 9.17) is 20.6 Å². The van der Waals surface area contributed by atoms with Gasteiger partial charge in [0, 0.05) is 48.2 Å². The van der Waals surface area contributed by atoms with Crippen molar-refractivity contribution in [2.75, 3.05) is 0 Å². The number of hydrogen-bond acceptors (Lipinski definition) is 7. The van der Waals surface area contributed by atoms with Gasteiger partial charge in [0.25, 0.3) is 5.92 Å². The topological polar surface area (TPSA) is 109 Å². The third-order valence-electron chi connectivity index (χ3n) is 6.11. The van der Waals surface area contributed by atoms with E-state index in [-0.39, 0.29) is 46.6 Å². The van der Waals surface area contributed by atoms with Crippen LogP contribution in [-0.4, -0.2) is 22.1 Å². The van der Waals surface area contributed by atoms with Gasteiger partial charge in [-0.05, 0) is 30.5 Å². The van der Waals surface area contributed by atoms with Gasteiger partial charge in [0.05, 0.1) is 11.3 Å². The number of rotatable bonds is 11. The molecule has 0 bridgehead atoms. The number of hydrogen-bond donors (Lipinski definition) is 0. The first-order valence-electron chi connectivity index (χ1n) is 11.8. The number of carbonyl (C=O) groups is 2. The number of aliphatic carboxylic acids is 1. The Morgan fingerprint density at radius 1 is 1.05 bits per heavy atom. The molecular formula is C26H25ClF5N2NaO5. The van der Waals surface area contributed by atoms with Gasteiger partial charge in [-0.2, -0.15) is 8.78 Å². The van der Waals surface area contributed by atoms with Gasteiger partial charge in [-0.15, -0.1) is 0 Å². The van der Waals surface area contributed by atoms with Gasteiger partial charge in [-0.25, -0.2) is 13.2 Å². The van der Waals surface area contributed by atoms with E-state index in [9.17, 15) is 36.6 Å². The summed E-state index contributed by atoms with van der Waals surface area (Å²) in [6, 6.07) is 4.43. The first-order chi connectivity index (χ1) is 17.9. The maximum Gasteiger partial charge on any atom is 1.00 e. The first-order valence-corrected chi connectivity index (χ1v) is 12.2. The molecule has 0 aliphatic carbocycles. The van der Waals surface area contributed by atoms with Crippen LogP contribution in [0.2, 0.25) is 5.02 Å². The van der Waals surface area contributed by atoms with Gasteiger partial charge in [0.1, 0.15) is 11.6 Å². The summed E-state index contributed by atoms with van der Waals surface area (Å²) >= 11 is 5.72. The zero-order chi connectivity index (χ0) is 29.3. The van der Waals surface area contributed by atoms with Crippen LogP contribution in [0.5, 0.6) is 0 Å². The molecule has 1 atom stereocenters. The molecule has 0 spiro atoms. The van der Waals surface area contributed by atoms with Crippen LogP contribution in [0.15, 0.2) is 33.3 Å². The molecule has 212 valence electrons. The summed E-state index contributed by atoms with van der Waals surface area (Å²) < 4.78 is 83.3. The maximum atomic E-state index is 14.9. The molecule has 14 heteroatoms. The molecule has 2 heterocycles. The number of Topliss-reactive ketones (excluding diaryl/α,β-unsaturated/α-hetero) is 1. The first kappa shape index (κ1) is 33.9. The summed E-state index contributed by atoms with van der Waals surface area (Å²) in [6.07, 6.45) is -1.90. The predicted octanol–water partition coefficient (Wildman–Crippen LogP) is 3.19. The molecule has 1 aromatic carbocycles. The monoisotopic (exact) mass is 598 g/mol. The molecule has 0 amide bonds. The Bertz CT molecular complexity index is 1360. The molecule has 0 N–H and O–H groups in total. The Balaban J connectivity index is 0.00000560. The van der Waals surface area contributed by atoms with Crippen molar-refractivity contribution in [3.63, 3.8) is 0 Å². The van der Waals surface area contributed by atoms with Gasteiger partial charge in [0.2, 0.25) is 5.76 Å². The van der Waals surface area contributed by atoms with E-state index in [0.717, 1.165) is 12.1 Å². The van der Waals surface area contributed by atoms with Crippen molar-refractivity contribution in [1.82, 2.24) is 10.3 Å². The van der Waals surface area contributed by atoms with E-state index >= 15 is 0 Å². The standard InChI is InChI=1S/C26H26ClF5N2O5.Na/c1-24(2,3)26(31,32)19-12-18(33-38-19)23-21(25(4,29)30)22(34-39-23)14(6-8-20(36)37)10-16(35)9-13-5-7-15(27)11-17(13)28;/h5,7,11-12,14H,6,8-10H2,1-4H3,(H,36,37);/q;+1/p-1/t14-;/m0./s1. The molecule has 0 aliphatic heterocycles. The van der Waals surface area contributed by atoms with Crippen LogP contribution in [0.3, 0.4) is 0 Å². The average molecular weight is 599 g/mol. The van der Waals surface area contributed by atoms with Crippen molar-refractivity contribution in [3.05, 3.63) is 57.7 Å². The van der Waals surface area contributed by atoms with Gasteiger partial charge in [0.15, 0.2) is 11.5 Å². The minimum absolute atomic E-state index is 0. The van der Waals surface area contributed by atoms with Gasteiger partial charge >= 0.3 is 35.5 Å². The predicted molar refractivity (Wildman–Crippen MR) is 127 cm³/mol. The molecule has 0 saturated heterocycles. The van der Waals surface area contributed by atoms with E-state index in [0.29, 0.717) is 6.92 Å². The quantitative estimate of drug-likeness (QED) is 0.246. The second kappa shape index (κ2) is 12.7. The zero-order valence-corrected chi connectivity index (χ0v) is 25.2. The third-order valence-corrected chi connectivity index (χ3v) is 6.35. The van der Waals surface area contributed by atoms with Crippen molar-refractivity contribution in [3.8, 4) is 11.5 Å². The third kappa shape index (κ3) is 7.71. The fraction of sp³-hybridized carbons (Fsp3) is 0.462. The fourth-order valence-corrected chi connectivity index (χ4v) is 4.09. The summed E-state index contributed by atoms with van der Waals surface area (Å²) in [5.74, 6) is -12.8. The Kier molecular flexibility index (Phi) is 10.8. The number of benzene rings is 1. The smallest absolute Gasteiger partial charge is 0.550 e. The van der Waals surface area contributed by atoms with E-state index in [1.165, 1.54) is 32.9 Å². The second-order valence-electron chi connectivity index (χ2n) is 10.3. The number of alkyl halides is 4. The van der Waals surface area contributed by atoms with Crippen molar-refractivity contribution >= 4 is 23.4 Å². The van der Waals surface area contributed by atoms with E-state index in [1.54, 1.807) is 0 Å². The van der Waals surface area contributed by atoms with Crippen LogP contribution in [-0.2, 0) is 27.9 Å². The van der Waals surface area contributed by atoms with E-state index in [1.807, 2.05) is 0 Å². The zero-order valence-electron chi connectivity index (χ0n) is 22.4. The van der Waals surface area contributed by atoms with Crippen molar-refractivity contribution in [1.29, 1.82) is 0 Å². The minimum atomic E-state index is -3.68. The summed E-state index contributed by atoms with van der Waals surface area (Å²) in [7, 11) is 0. The van der Waals surface area contributed by atoms with Gasteiger partial charge in [-0.3, -0.25) is 4.79 Å². The Morgan fingerprint density at radius 3 is 2.25 bits per heavy atom. The number of ketones is 1. The molecular weight excluding hydrogens is 574 g/mol. The summed E-state index contributed by atoms with van der Waals surface area (Å²) in [6.45, 7) is 4.25. The van der Waals surface area contributed by atoms with Crippen LogP contribution in [0, 0.1) is 11.2 Å². The normalized spacial score (nSPS) is 13.2. The molecule has 0 aliphatic rings. The van der Waals surface area contributed by atoms with Gasteiger partial charge < -0.3 is 18.9 Å². The molecule has 0 fully saturated rings. The van der Waals surface area contributed by atoms with Crippen molar-refractivity contribution in [2.45, 2.75) is 71.1 Å². The summed E-state index contributed by atoms with van der Waals surface area (Å²) in [4.78, 5) is 23.9. The molecule has 3 rings (SSSR count). The van der Waals surface area contributed by atoms with Crippen LogP contribution >= 0.6 is 11.6 Å². The van der Waals surface area contributed by atoms with E-state index in [2.05, 4.69) is 10.3 Å². The minimum Gasteiger partial charge on any atom is -0.550 e. The Labute approximate surface area is 253 Å². The number of halogens is 6. The number of aromatic nitrogens is 2.